The Bertz CT molecular complexity index is 6790. The highest BCUT2D eigenvalue weighted by Crippen LogP contribution is 2.38. The lowest BCUT2D eigenvalue weighted by Gasteiger charge is -2.22. The summed E-state index contributed by atoms with van der Waals surface area (Å²) in [5.74, 6) is 3.86. The Hall–Kier alpha value is -13.4. The summed E-state index contributed by atoms with van der Waals surface area (Å²) in [6.45, 7) is 64.1. The summed E-state index contributed by atoms with van der Waals surface area (Å²) < 4.78 is 33.2. The fraction of sp³-hybridized carbons (Fsp3) is 0.343. The van der Waals surface area contributed by atoms with Crippen molar-refractivity contribution >= 4 is 16.5 Å². The molecule has 0 saturated heterocycles. The Balaban J connectivity index is 0.000000145. The minimum absolute atomic E-state index is 0.0626. The molecule has 0 amide bonds. The summed E-state index contributed by atoms with van der Waals surface area (Å²) in [5, 5.41) is 2.55. The summed E-state index contributed by atoms with van der Waals surface area (Å²) >= 11 is 0. The molecule has 0 atom stereocenters. The number of benzene rings is 6. The number of aryl methyl sites for hydroxylation is 8. The Morgan fingerprint density at radius 1 is 0.320 bits per heavy atom. The van der Waals surface area contributed by atoms with Gasteiger partial charge in [0.15, 0.2) is 78.8 Å². The number of rotatable bonds is 15. The van der Waals surface area contributed by atoms with Gasteiger partial charge in [0, 0.05) is 157 Å². The van der Waals surface area contributed by atoms with Crippen LogP contribution in [0, 0.1) is 96.6 Å². The zero-order valence-electron chi connectivity index (χ0n) is 81.8. The van der Waals surface area contributed by atoms with Crippen LogP contribution in [0.4, 0.5) is 5.69 Å². The molecule has 16 rings (SSSR count). The second-order valence-electron chi connectivity index (χ2n) is 36.5. The second-order valence-corrected chi connectivity index (χ2v) is 36.5. The monoisotopic (exact) mass is 1710 g/mol. The van der Waals surface area contributed by atoms with Gasteiger partial charge in [-0.05, 0) is 206 Å². The molecule has 20 heteroatoms. The molecular weight excluding hydrogens is 1580 g/mol. The van der Waals surface area contributed by atoms with E-state index in [1.54, 1.807) is 6.20 Å². The van der Waals surface area contributed by atoms with Gasteiger partial charge in [-0.25, -0.2) is 18.5 Å². The molecule has 16 aromatic rings. The van der Waals surface area contributed by atoms with Crippen molar-refractivity contribution in [2.75, 3.05) is 0 Å². The quantitative estimate of drug-likeness (QED) is 0.0750. The molecule has 0 radical (unpaired) electrons. The first-order valence-electron chi connectivity index (χ1n) is 44.9. The van der Waals surface area contributed by atoms with Crippen LogP contribution in [0.1, 0.15) is 199 Å². The van der Waals surface area contributed by atoms with Crippen LogP contribution in [0.3, 0.4) is 0 Å². The molecule has 0 aliphatic rings. The highest BCUT2D eigenvalue weighted by Gasteiger charge is 2.31. The minimum atomic E-state index is 0.0626. The van der Waals surface area contributed by atoms with E-state index < -0.39 is 0 Å². The molecule has 0 saturated carbocycles. The second kappa shape index (κ2) is 39.2. The van der Waals surface area contributed by atoms with Gasteiger partial charge < -0.3 is 0 Å². The number of fused-ring (bicyclic) bond motifs is 1. The summed E-state index contributed by atoms with van der Waals surface area (Å²) in [6.07, 6.45) is 28.5. The van der Waals surface area contributed by atoms with Crippen molar-refractivity contribution in [2.45, 2.75) is 216 Å². The van der Waals surface area contributed by atoms with Gasteiger partial charge in [0.2, 0.25) is 5.69 Å². The van der Waals surface area contributed by atoms with Gasteiger partial charge in [0.05, 0.1) is 47.2 Å². The lowest BCUT2D eigenvalue weighted by atomic mass is 9.84. The summed E-state index contributed by atoms with van der Waals surface area (Å²) in [5.41, 5.74) is 31.4. The molecule has 0 bridgehead atoms. The molecule has 0 aliphatic heterocycles. The van der Waals surface area contributed by atoms with E-state index in [-0.39, 0.29) is 5.41 Å². The largest absolute Gasteiger partial charge is 0.300 e. The molecule has 128 heavy (non-hydrogen) atoms. The molecule has 10 heterocycles. The molecule has 10 aromatic heterocycles. The normalized spacial score (nSPS) is 11.4. The van der Waals surface area contributed by atoms with Crippen LogP contribution >= 0.6 is 0 Å². The van der Waals surface area contributed by atoms with Crippen molar-refractivity contribution in [1.82, 2.24) is 43.3 Å². The van der Waals surface area contributed by atoms with E-state index in [1.165, 1.54) is 129 Å². The Labute approximate surface area is 760 Å². The number of hydrogen-bond acceptors (Lipinski definition) is 4. The third-order valence-electron chi connectivity index (χ3n) is 24.9. The van der Waals surface area contributed by atoms with E-state index >= 15 is 0 Å². The molecule has 0 fully saturated rings. The standard InChI is InChI=1S/C24H27N3.C23H32N4.C21H28N4.C20H23N5.C20H26N4/c1-17(2)27-15-13-23(25(27)5)22-16-20-11-6-7-12-21(20)24(19(22)4)26-14-9-8-10-18(26)3;1-16(2)27-13-10-21(25(27)8)20-14-19(23(5,6)7)15-22(17(20)3)26-12-9-11-24-18(26)4;1-14(2)25-12-9-19(23(25)7)20-15(3)13-16(4)21(17(20)5)24-11-8-10-22-18(24)6;1-14(2)25-11-8-19(23(25)6)18-12-17(21-5)13-20(15(18)3)24-10-7-9-22-16(24)4;1-14(2)24-11-8-19(22(24)6)18-12-15(3)13-20(16(18)4)23-10-7-9-21-17(23)5/h6-17H,1-5H3;9-16H,1-8H3;8-14H,1-7H3;7-14H,1-4,6H3;7-14H,1-6H3/q5*+2. The van der Waals surface area contributed by atoms with Crippen molar-refractivity contribution in [3.05, 3.63) is 323 Å². The highest BCUT2D eigenvalue weighted by atomic mass is 15.4. The SMILES string of the molecule is Cc1c(-c2cc[n+](C(C)C)n2C)cc(C(C)(C)C)cc1-[n+]1cccnc1C.Cc1c(-c2cc[n+](C(C)C)n2C)cc2ccccc2c1-[n+]1ccccc1C.Cc1cc(-c2cc[n+](C(C)C)n2C)c(C)c(-[n+]2cccnc2C)c1.Cc1cc(C)c(-[n+]2cccnc2C)c(C)c1-c1cc[n+](C(C)C)n1C.[C-]#[N+]c1cc(-c2cc[n+](C(C)C)n2C)c(C)c(-[n+]2cccnc2C)c1. The van der Waals surface area contributed by atoms with Gasteiger partial charge >= 0.3 is 0 Å². The predicted octanol–water partition coefficient (Wildman–Crippen LogP) is 18.8. The van der Waals surface area contributed by atoms with Crippen molar-refractivity contribution in [3.8, 4) is 84.7 Å². The van der Waals surface area contributed by atoms with Gasteiger partial charge in [-0.15, -0.1) is 23.4 Å². The molecular formula is C108H136N20+10. The fourth-order valence-corrected chi connectivity index (χ4v) is 18.1. The maximum absolute atomic E-state index is 7.50. The van der Waals surface area contributed by atoms with Crippen LogP contribution in [0.15, 0.2) is 232 Å². The average molecular weight is 1710 g/mol. The smallest absolute Gasteiger partial charge is 0.238 e. The molecule has 20 nitrogen and oxygen atoms in total. The first-order valence-corrected chi connectivity index (χ1v) is 44.9. The van der Waals surface area contributed by atoms with Crippen LogP contribution in [0.25, 0.3) is 100 Å². The van der Waals surface area contributed by atoms with Crippen LogP contribution < -0.4 is 46.2 Å². The number of nitrogens with zero attached hydrogens (tertiary/aromatic N) is 20. The first-order chi connectivity index (χ1) is 60.7. The lowest BCUT2D eigenvalue weighted by molar-refractivity contribution is -0.789. The van der Waals surface area contributed by atoms with E-state index in [0.29, 0.717) is 35.9 Å². The Morgan fingerprint density at radius 3 is 1.08 bits per heavy atom. The maximum atomic E-state index is 7.50. The summed E-state index contributed by atoms with van der Waals surface area (Å²) in [4.78, 5) is 21.4. The van der Waals surface area contributed by atoms with Gasteiger partial charge in [0.1, 0.15) is 101 Å². The zero-order chi connectivity index (χ0) is 92.9. The molecule has 6 aromatic carbocycles. The molecule has 0 N–H and O–H groups in total. The zero-order valence-corrected chi connectivity index (χ0v) is 81.8. The molecule has 658 valence electrons. The van der Waals surface area contributed by atoms with Gasteiger partial charge in [-0.1, -0.05) is 71.0 Å². The van der Waals surface area contributed by atoms with E-state index in [4.69, 9.17) is 6.57 Å². The molecule has 0 spiro atoms. The Morgan fingerprint density at radius 2 is 0.680 bits per heavy atom. The van der Waals surface area contributed by atoms with Crippen LogP contribution in [0.5, 0.6) is 0 Å². The van der Waals surface area contributed by atoms with Gasteiger partial charge in [-0.2, -0.15) is 32.5 Å². The fourth-order valence-electron chi connectivity index (χ4n) is 18.1. The van der Waals surface area contributed by atoms with Crippen LogP contribution in [-0.4, -0.2) is 43.3 Å². The average Bonchev–Trinajstić information content (AvgIpc) is 1.26. The van der Waals surface area contributed by atoms with Gasteiger partial charge in [-0.3, -0.25) is 0 Å². The number of pyridine rings is 1. The van der Waals surface area contributed by atoms with Crippen molar-refractivity contribution in [3.63, 3.8) is 0 Å². The van der Waals surface area contributed by atoms with E-state index in [9.17, 15) is 0 Å². The highest BCUT2D eigenvalue weighted by molar-refractivity contribution is 5.95. The lowest BCUT2D eigenvalue weighted by Crippen LogP contribution is -2.43. The molecule has 0 unspecified atom stereocenters. The van der Waals surface area contributed by atoms with E-state index in [0.717, 1.165) is 45.8 Å². The van der Waals surface area contributed by atoms with Gasteiger partial charge in [0.25, 0.3) is 23.3 Å². The number of hydrogen-bond donors (Lipinski definition) is 0. The summed E-state index contributed by atoms with van der Waals surface area (Å²) in [7, 11) is 10.6. The van der Waals surface area contributed by atoms with Crippen LogP contribution in [-0.2, 0) is 40.7 Å². The maximum Gasteiger partial charge on any atom is 0.300 e. The van der Waals surface area contributed by atoms with Crippen molar-refractivity contribution in [2.24, 2.45) is 35.2 Å². The molecule has 0 aliphatic carbocycles. The number of aromatic nitrogens is 19. The van der Waals surface area contributed by atoms with Crippen molar-refractivity contribution in [1.29, 1.82) is 0 Å². The van der Waals surface area contributed by atoms with E-state index in [2.05, 4.69) is 449 Å². The predicted molar refractivity (Wildman–Crippen MR) is 510 cm³/mol. The summed E-state index contributed by atoms with van der Waals surface area (Å²) in [6, 6.07) is 53.6. The van der Waals surface area contributed by atoms with E-state index in [1.807, 2.05) is 86.5 Å². The topological polar surface area (TPSA) is 119 Å². The first kappa shape index (κ1) is 93.7. The third kappa shape index (κ3) is 19.3. The van der Waals surface area contributed by atoms with Crippen LogP contribution in [0.2, 0.25) is 0 Å². The minimum Gasteiger partial charge on any atom is -0.238 e. The third-order valence-corrected chi connectivity index (χ3v) is 24.9. The van der Waals surface area contributed by atoms with Crippen molar-refractivity contribution < 1.29 is 46.2 Å². The Kier molecular flexibility index (Phi) is 28.7.